The van der Waals surface area contributed by atoms with Gasteiger partial charge >= 0.3 is 0 Å². The Bertz CT molecular complexity index is 444. The Morgan fingerprint density at radius 2 is 2.10 bits per heavy atom. The Hall–Kier alpha value is -1.35. The normalized spacial score (nSPS) is 21.9. The Morgan fingerprint density at radius 1 is 1.38 bits per heavy atom. The van der Waals surface area contributed by atoms with Crippen molar-refractivity contribution >= 4 is 5.91 Å². The minimum absolute atomic E-state index is 0.00281. The molecule has 1 aliphatic rings. The quantitative estimate of drug-likeness (QED) is 0.904. The molecule has 1 aliphatic heterocycles. The highest BCUT2D eigenvalue weighted by molar-refractivity contribution is 5.83. The summed E-state index contributed by atoms with van der Waals surface area (Å²) in [5.41, 5.74) is 7.18. The maximum Gasteiger partial charge on any atom is 0.230 e. The molecule has 1 aromatic rings. The van der Waals surface area contributed by atoms with E-state index in [1.807, 2.05) is 23.1 Å². The molecule has 0 spiro atoms. The maximum atomic E-state index is 12.9. The molecule has 3 nitrogen and oxygen atoms in total. The average Bonchev–Trinajstić information content (AvgIpc) is 2.53. The smallest absolute Gasteiger partial charge is 0.230 e. The Kier molecular flexibility index (Phi) is 5.80. The van der Waals surface area contributed by atoms with Crippen molar-refractivity contribution in [3.8, 4) is 0 Å². The highest BCUT2D eigenvalue weighted by Crippen LogP contribution is 2.27. The van der Waals surface area contributed by atoms with Crippen LogP contribution in [0, 0.1) is 5.92 Å². The zero-order valence-electron chi connectivity index (χ0n) is 13.3. The SMILES string of the molecule is CCCC(C(=O)N1CCCC(C(C)N)C1)c1ccccc1. The first kappa shape index (κ1) is 16.0. The Morgan fingerprint density at radius 3 is 2.71 bits per heavy atom. The summed E-state index contributed by atoms with van der Waals surface area (Å²) in [6.07, 6.45) is 4.16. The van der Waals surface area contributed by atoms with Crippen LogP contribution in [0.3, 0.4) is 0 Å². The zero-order valence-corrected chi connectivity index (χ0v) is 13.3. The monoisotopic (exact) mass is 288 g/mol. The highest BCUT2D eigenvalue weighted by atomic mass is 16.2. The van der Waals surface area contributed by atoms with Crippen LogP contribution in [-0.4, -0.2) is 29.9 Å². The van der Waals surface area contributed by atoms with E-state index in [1.54, 1.807) is 0 Å². The fourth-order valence-corrected chi connectivity index (χ4v) is 3.27. The van der Waals surface area contributed by atoms with Crippen molar-refractivity contribution in [2.75, 3.05) is 13.1 Å². The lowest BCUT2D eigenvalue weighted by Crippen LogP contribution is -2.46. The van der Waals surface area contributed by atoms with E-state index in [-0.39, 0.29) is 17.9 Å². The van der Waals surface area contributed by atoms with E-state index in [2.05, 4.69) is 26.0 Å². The first-order chi connectivity index (χ1) is 10.1. The molecule has 116 valence electrons. The number of piperidine rings is 1. The van der Waals surface area contributed by atoms with Crippen LogP contribution >= 0.6 is 0 Å². The van der Waals surface area contributed by atoms with E-state index in [1.165, 1.54) is 0 Å². The Labute approximate surface area is 128 Å². The second kappa shape index (κ2) is 7.60. The number of carbonyl (C=O) groups is 1. The number of carbonyl (C=O) groups excluding carboxylic acids is 1. The number of nitrogens with two attached hydrogens (primary N) is 1. The van der Waals surface area contributed by atoms with Crippen molar-refractivity contribution < 1.29 is 4.79 Å². The molecule has 0 bridgehead atoms. The molecule has 0 saturated carbocycles. The summed E-state index contributed by atoms with van der Waals surface area (Å²) in [7, 11) is 0. The number of hydrogen-bond acceptors (Lipinski definition) is 2. The van der Waals surface area contributed by atoms with Gasteiger partial charge in [0.25, 0.3) is 0 Å². The van der Waals surface area contributed by atoms with Crippen molar-refractivity contribution in [1.82, 2.24) is 4.90 Å². The predicted octanol–water partition coefficient (Wildman–Crippen LogP) is 3.16. The molecular weight excluding hydrogens is 260 g/mol. The third-order valence-corrected chi connectivity index (χ3v) is 4.59. The molecule has 1 fully saturated rings. The van der Waals surface area contributed by atoms with Gasteiger partial charge in [0, 0.05) is 19.1 Å². The summed E-state index contributed by atoms with van der Waals surface area (Å²) in [5, 5.41) is 0. The first-order valence-electron chi connectivity index (χ1n) is 8.22. The van der Waals surface area contributed by atoms with Crippen LogP contribution in [-0.2, 0) is 4.79 Å². The second-order valence-electron chi connectivity index (χ2n) is 6.30. The van der Waals surface area contributed by atoms with E-state index >= 15 is 0 Å². The zero-order chi connectivity index (χ0) is 15.2. The first-order valence-corrected chi connectivity index (χ1v) is 8.22. The maximum absolute atomic E-state index is 12.9. The lowest BCUT2D eigenvalue weighted by Gasteiger charge is -2.36. The minimum Gasteiger partial charge on any atom is -0.342 e. The number of rotatable bonds is 5. The van der Waals surface area contributed by atoms with E-state index < -0.39 is 0 Å². The largest absolute Gasteiger partial charge is 0.342 e. The summed E-state index contributed by atoms with van der Waals surface area (Å²) in [6, 6.07) is 10.4. The molecule has 0 radical (unpaired) electrons. The van der Waals surface area contributed by atoms with E-state index in [0.29, 0.717) is 5.92 Å². The lowest BCUT2D eigenvalue weighted by molar-refractivity contribution is -0.135. The van der Waals surface area contributed by atoms with Crippen LogP contribution in [0.15, 0.2) is 30.3 Å². The average molecular weight is 288 g/mol. The molecule has 1 saturated heterocycles. The molecule has 0 aromatic heterocycles. The molecule has 3 atom stereocenters. The summed E-state index contributed by atoms with van der Waals surface area (Å²) >= 11 is 0. The molecule has 3 unspecified atom stereocenters. The van der Waals surface area contributed by atoms with Gasteiger partial charge in [-0.1, -0.05) is 43.7 Å². The second-order valence-corrected chi connectivity index (χ2v) is 6.30. The molecule has 1 aromatic carbocycles. The third-order valence-electron chi connectivity index (χ3n) is 4.59. The molecule has 1 heterocycles. The molecular formula is C18H28N2O. The fourth-order valence-electron chi connectivity index (χ4n) is 3.27. The van der Waals surface area contributed by atoms with Gasteiger partial charge in [0.1, 0.15) is 0 Å². The van der Waals surface area contributed by atoms with Crippen molar-refractivity contribution in [2.45, 2.75) is 51.5 Å². The van der Waals surface area contributed by atoms with Gasteiger partial charge in [0.05, 0.1) is 5.92 Å². The van der Waals surface area contributed by atoms with Crippen LogP contribution < -0.4 is 5.73 Å². The highest BCUT2D eigenvalue weighted by Gasteiger charge is 2.30. The van der Waals surface area contributed by atoms with Crippen molar-refractivity contribution in [1.29, 1.82) is 0 Å². The number of likely N-dealkylation sites (tertiary alicyclic amines) is 1. The molecule has 0 aliphatic carbocycles. The predicted molar refractivity (Wildman–Crippen MR) is 87.0 cm³/mol. The summed E-state index contributed by atoms with van der Waals surface area (Å²) in [4.78, 5) is 15.0. The van der Waals surface area contributed by atoms with Gasteiger partial charge in [-0.25, -0.2) is 0 Å². The summed E-state index contributed by atoms with van der Waals surface area (Å²) < 4.78 is 0. The summed E-state index contributed by atoms with van der Waals surface area (Å²) in [6.45, 7) is 5.90. The molecule has 2 rings (SSSR count). The van der Waals surface area contributed by atoms with Gasteiger partial charge in [-0.3, -0.25) is 4.79 Å². The molecule has 1 amide bonds. The number of nitrogens with zero attached hydrogens (tertiary/aromatic N) is 1. The standard InChI is InChI=1S/C18H28N2O/c1-3-8-17(15-9-5-4-6-10-15)18(21)20-12-7-11-16(13-20)14(2)19/h4-6,9-10,14,16-17H,3,7-8,11-13,19H2,1-2H3. The molecule has 2 N–H and O–H groups in total. The molecule has 21 heavy (non-hydrogen) atoms. The fraction of sp³-hybridized carbons (Fsp3) is 0.611. The van der Waals surface area contributed by atoms with Crippen LogP contribution in [0.25, 0.3) is 0 Å². The number of amides is 1. The number of hydrogen-bond donors (Lipinski definition) is 1. The molecule has 3 heteroatoms. The van der Waals surface area contributed by atoms with Crippen molar-refractivity contribution in [3.05, 3.63) is 35.9 Å². The van der Waals surface area contributed by atoms with Gasteiger partial charge in [-0.15, -0.1) is 0 Å². The van der Waals surface area contributed by atoms with Gasteiger partial charge in [-0.2, -0.15) is 0 Å². The van der Waals surface area contributed by atoms with Crippen LogP contribution in [0.4, 0.5) is 0 Å². The Balaban J connectivity index is 2.11. The van der Waals surface area contributed by atoms with Gasteiger partial charge in [0.2, 0.25) is 5.91 Å². The van der Waals surface area contributed by atoms with Crippen molar-refractivity contribution in [3.63, 3.8) is 0 Å². The van der Waals surface area contributed by atoms with E-state index in [4.69, 9.17) is 5.73 Å². The van der Waals surface area contributed by atoms with Gasteiger partial charge < -0.3 is 10.6 Å². The van der Waals surface area contributed by atoms with Crippen molar-refractivity contribution in [2.24, 2.45) is 11.7 Å². The van der Waals surface area contributed by atoms with E-state index in [9.17, 15) is 4.79 Å². The van der Waals surface area contributed by atoms with Gasteiger partial charge in [-0.05, 0) is 37.7 Å². The lowest BCUT2D eigenvalue weighted by atomic mass is 9.89. The minimum atomic E-state index is 0.00281. The van der Waals surface area contributed by atoms with Crippen LogP contribution in [0.1, 0.15) is 51.0 Å². The number of benzene rings is 1. The van der Waals surface area contributed by atoms with Crippen LogP contribution in [0.5, 0.6) is 0 Å². The van der Waals surface area contributed by atoms with Crippen LogP contribution in [0.2, 0.25) is 0 Å². The summed E-state index contributed by atoms with van der Waals surface area (Å²) in [5.74, 6) is 0.734. The topological polar surface area (TPSA) is 46.3 Å². The van der Waals surface area contributed by atoms with E-state index in [0.717, 1.165) is 44.3 Å². The van der Waals surface area contributed by atoms with Gasteiger partial charge in [0.15, 0.2) is 0 Å². The third kappa shape index (κ3) is 4.07.